The van der Waals surface area contributed by atoms with Gasteiger partial charge in [-0.2, -0.15) is 0 Å². The van der Waals surface area contributed by atoms with E-state index in [0.717, 1.165) is 6.42 Å². The van der Waals surface area contributed by atoms with Crippen molar-refractivity contribution in [2.24, 2.45) is 0 Å². The molecule has 0 aliphatic carbocycles. The first-order valence-corrected chi connectivity index (χ1v) is 9.49. The van der Waals surface area contributed by atoms with E-state index >= 15 is 0 Å². The zero-order chi connectivity index (χ0) is 22.1. The fourth-order valence-corrected chi connectivity index (χ4v) is 2.43. The fourth-order valence-electron chi connectivity index (χ4n) is 2.43. The van der Waals surface area contributed by atoms with Gasteiger partial charge in [0.1, 0.15) is 0 Å². The zero-order valence-electron chi connectivity index (χ0n) is 17.2. The van der Waals surface area contributed by atoms with Crippen LogP contribution in [0, 0.1) is 0 Å². The predicted molar refractivity (Wildman–Crippen MR) is 114 cm³/mol. The van der Waals surface area contributed by atoms with Crippen LogP contribution in [0.1, 0.15) is 47.9 Å². The molecule has 30 heavy (non-hydrogen) atoms. The van der Waals surface area contributed by atoms with Crippen molar-refractivity contribution in [3.05, 3.63) is 71.3 Å². The van der Waals surface area contributed by atoms with Gasteiger partial charge in [0.15, 0.2) is 5.78 Å². The van der Waals surface area contributed by atoms with E-state index in [-0.39, 0.29) is 11.4 Å². The average Bonchev–Trinajstić information content (AvgIpc) is 2.72. The van der Waals surface area contributed by atoms with Gasteiger partial charge in [0.25, 0.3) is 5.91 Å². The van der Waals surface area contributed by atoms with Crippen molar-refractivity contribution in [3.63, 3.8) is 0 Å². The number of ether oxygens (including phenoxy) is 1. The Bertz CT molecular complexity index is 960. The summed E-state index contributed by atoms with van der Waals surface area (Å²) in [5.41, 5.74) is 2.15. The molecule has 0 aliphatic heterocycles. The highest BCUT2D eigenvalue weighted by Gasteiger charge is 2.10. The van der Waals surface area contributed by atoms with Gasteiger partial charge < -0.3 is 15.4 Å². The molecule has 0 aliphatic rings. The van der Waals surface area contributed by atoms with Crippen molar-refractivity contribution >= 4 is 34.9 Å². The number of esters is 1. The van der Waals surface area contributed by atoms with Crippen LogP contribution in [-0.4, -0.2) is 30.2 Å². The van der Waals surface area contributed by atoms with Gasteiger partial charge in [-0.25, -0.2) is 4.79 Å². The number of hydrogen-bond acceptors (Lipinski definition) is 5. The smallest absolute Gasteiger partial charge is 0.338 e. The molecule has 0 saturated carbocycles. The first-order chi connectivity index (χ1) is 14.3. The molecule has 156 valence electrons. The lowest BCUT2D eigenvalue weighted by Crippen LogP contribution is -2.16. The number of Topliss-reactive ketones (excluding diaryl/α,β-unsaturated/α-hetero) is 1. The third-order valence-corrected chi connectivity index (χ3v) is 4.08. The Morgan fingerprint density at radius 2 is 1.37 bits per heavy atom. The number of nitrogens with one attached hydrogen (secondary N) is 2. The molecule has 0 radical (unpaired) electrons. The summed E-state index contributed by atoms with van der Waals surface area (Å²) in [6.07, 6.45) is 1.92. The van der Waals surface area contributed by atoms with Crippen LogP contribution in [0.2, 0.25) is 0 Å². The Kier molecular flexibility index (Phi) is 8.05. The molecule has 0 spiro atoms. The monoisotopic (exact) mass is 408 g/mol. The molecule has 2 N–H and O–H groups in total. The van der Waals surface area contributed by atoms with Gasteiger partial charge in [0, 0.05) is 28.6 Å². The van der Waals surface area contributed by atoms with Crippen LogP contribution in [-0.2, 0) is 14.3 Å². The fraction of sp³-hybridized carbons (Fsp3) is 0.217. The van der Waals surface area contributed by atoms with Crippen molar-refractivity contribution in [2.75, 3.05) is 17.2 Å². The van der Waals surface area contributed by atoms with E-state index in [1.54, 1.807) is 48.5 Å². The van der Waals surface area contributed by atoms with Gasteiger partial charge in [0.2, 0.25) is 5.91 Å². The van der Waals surface area contributed by atoms with E-state index in [4.69, 9.17) is 4.74 Å². The third-order valence-electron chi connectivity index (χ3n) is 4.08. The maximum atomic E-state index is 12.3. The molecular weight excluding hydrogens is 384 g/mol. The Labute approximate surface area is 175 Å². The van der Waals surface area contributed by atoms with Crippen molar-refractivity contribution < 1.29 is 23.9 Å². The molecule has 2 amide bonds. The van der Waals surface area contributed by atoms with Gasteiger partial charge in [-0.1, -0.05) is 6.92 Å². The largest absolute Gasteiger partial charge is 0.462 e. The second-order valence-electron chi connectivity index (χ2n) is 6.62. The molecule has 0 bridgehead atoms. The van der Waals surface area contributed by atoms with Crippen LogP contribution in [0.3, 0.4) is 0 Å². The molecule has 7 heteroatoms. The van der Waals surface area contributed by atoms with Crippen LogP contribution in [0.25, 0.3) is 0 Å². The number of rotatable bonds is 8. The summed E-state index contributed by atoms with van der Waals surface area (Å²) in [4.78, 5) is 47.5. The average molecular weight is 408 g/mol. The minimum Gasteiger partial charge on any atom is -0.462 e. The SMILES string of the molecule is CCCOC(=O)c1ccc(NC(=O)/C(C)=C\C(=O)Nc2ccc(C(C)=O)cc2)cc1. The van der Waals surface area contributed by atoms with Gasteiger partial charge in [0.05, 0.1) is 12.2 Å². The molecule has 2 aromatic carbocycles. The van der Waals surface area contributed by atoms with Gasteiger partial charge >= 0.3 is 5.97 Å². The van der Waals surface area contributed by atoms with Crippen molar-refractivity contribution in [3.8, 4) is 0 Å². The van der Waals surface area contributed by atoms with E-state index in [1.165, 1.54) is 19.9 Å². The Morgan fingerprint density at radius 3 is 1.90 bits per heavy atom. The first kappa shape index (κ1) is 22.5. The van der Waals surface area contributed by atoms with Crippen molar-refractivity contribution in [2.45, 2.75) is 27.2 Å². The van der Waals surface area contributed by atoms with Gasteiger partial charge in [-0.15, -0.1) is 0 Å². The van der Waals surface area contributed by atoms with E-state index in [0.29, 0.717) is 29.1 Å². The zero-order valence-corrected chi connectivity index (χ0v) is 17.2. The second kappa shape index (κ2) is 10.7. The van der Waals surface area contributed by atoms with Gasteiger partial charge in [-0.05, 0) is 68.8 Å². The molecule has 2 aromatic rings. The summed E-state index contributed by atoms with van der Waals surface area (Å²) in [6.45, 7) is 5.24. The van der Waals surface area contributed by atoms with E-state index in [2.05, 4.69) is 10.6 Å². The second-order valence-corrected chi connectivity index (χ2v) is 6.62. The Balaban J connectivity index is 1.94. The van der Waals surface area contributed by atoms with Crippen LogP contribution < -0.4 is 10.6 Å². The molecule has 0 fully saturated rings. The normalized spacial score (nSPS) is 10.8. The highest BCUT2D eigenvalue weighted by molar-refractivity contribution is 6.10. The van der Waals surface area contributed by atoms with E-state index < -0.39 is 17.8 Å². The standard InChI is InChI=1S/C23H24N2O5/c1-4-13-30-23(29)18-7-11-20(12-8-18)25-22(28)15(2)14-21(27)24-19-9-5-17(6-10-19)16(3)26/h5-12,14H,4,13H2,1-3H3,(H,24,27)(H,25,28)/b15-14-. The number of hydrogen-bond donors (Lipinski definition) is 2. The predicted octanol–water partition coefficient (Wildman–Crippen LogP) is 3.98. The molecule has 0 unspecified atom stereocenters. The summed E-state index contributed by atoms with van der Waals surface area (Å²) in [5.74, 6) is -1.39. The molecule has 0 heterocycles. The van der Waals surface area contributed by atoms with Crippen LogP contribution in [0.5, 0.6) is 0 Å². The maximum Gasteiger partial charge on any atom is 0.338 e. The Hall–Kier alpha value is -3.74. The van der Waals surface area contributed by atoms with Crippen molar-refractivity contribution in [1.29, 1.82) is 0 Å². The molecular formula is C23H24N2O5. The highest BCUT2D eigenvalue weighted by Crippen LogP contribution is 2.13. The first-order valence-electron chi connectivity index (χ1n) is 9.49. The molecule has 7 nitrogen and oxygen atoms in total. The Morgan fingerprint density at radius 1 is 0.833 bits per heavy atom. The molecule has 0 atom stereocenters. The summed E-state index contributed by atoms with van der Waals surface area (Å²) in [5, 5.41) is 5.30. The summed E-state index contributed by atoms with van der Waals surface area (Å²) < 4.78 is 5.05. The van der Waals surface area contributed by atoms with Crippen LogP contribution in [0.4, 0.5) is 11.4 Å². The summed E-state index contributed by atoms with van der Waals surface area (Å²) in [7, 11) is 0. The summed E-state index contributed by atoms with van der Waals surface area (Å²) in [6, 6.07) is 12.8. The molecule has 2 rings (SSSR count). The minimum absolute atomic E-state index is 0.0637. The highest BCUT2D eigenvalue weighted by atomic mass is 16.5. The van der Waals surface area contributed by atoms with Crippen molar-refractivity contribution in [1.82, 2.24) is 0 Å². The van der Waals surface area contributed by atoms with Crippen LogP contribution in [0.15, 0.2) is 60.2 Å². The minimum atomic E-state index is -0.466. The van der Waals surface area contributed by atoms with E-state index in [9.17, 15) is 19.2 Å². The topological polar surface area (TPSA) is 102 Å². The number of amides is 2. The number of ketones is 1. The number of anilines is 2. The van der Waals surface area contributed by atoms with Crippen LogP contribution >= 0.6 is 0 Å². The summed E-state index contributed by atoms with van der Waals surface area (Å²) >= 11 is 0. The lowest BCUT2D eigenvalue weighted by Gasteiger charge is -2.08. The third kappa shape index (κ3) is 6.70. The molecule has 0 aromatic heterocycles. The number of carbonyl (C=O) groups excluding carboxylic acids is 4. The lowest BCUT2D eigenvalue weighted by molar-refractivity contribution is -0.114. The van der Waals surface area contributed by atoms with Gasteiger partial charge in [-0.3, -0.25) is 14.4 Å². The lowest BCUT2D eigenvalue weighted by atomic mass is 10.1. The number of carbonyl (C=O) groups is 4. The quantitative estimate of drug-likeness (QED) is 0.391. The van der Waals surface area contributed by atoms with E-state index in [1.807, 2.05) is 6.92 Å². The molecule has 0 saturated heterocycles. The number of benzene rings is 2. The maximum absolute atomic E-state index is 12.3.